The fourth-order valence-electron chi connectivity index (χ4n) is 5.29. The molecule has 1 fully saturated rings. The highest BCUT2D eigenvalue weighted by Gasteiger charge is 2.52. The number of carbonyl (C=O) groups excluding carboxylic acids is 1. The molecule has 35 heavy (non-hydrogen) atoms. The molecule has 8 nitrogen and oxygen atoms in total. The molecule has 2 aromatic carbocycles. The Morgan fingerprint density at radius 3 is 2.14 bits per heavy atom. The smallest absolute Gasteiger partial charge is 0.251 e. The third kappa shape index (κ3) is 4.58. The zero-order chi connectivity index (χ0) is 25.2. The standard InChI is InChI=1S/C27H35N7O/c1-4-31-17(3)18-8-10-22-19(14-18)6-7-20-15-21(24(35)32-5-2)9-11-23(20)27(22,25(28)33-34-30)16-26(29)12-13-26/h8-11,14-15,31H,3-7,12-13,16,29H2,1-2H3,(H,32,35)(H3,28,30,33). The summed E-state index contributed by atoms with van der Waals surface area (Å²) >= 11 is 0. The van der Waals surface area contributed by atoms with Gasteiger partial charge in [0.2, 0.25) is 0 Å². The third-order valence-electron chi connectivity index (χ3n) is 7.20. The van der Waals surface area contributed by atoms with Crippen molar-refractivity contribution in [3.05, 3.63) is 76.4 Å². The summed E-state index contributed by atoms with van der Waals surface area (Å²) in [6.07, 6.45) is 3.77. The molecule has 1 atom stereocenters. The SMILES string of the molecule is C=C(NCC)c1ccc2c(c1)CCc1cc(C(=O)NCC)ccc1C2(CC1(N)CC1)C(=N)N=NN. The van der Waals surface area contributed by atoms with E-state index in [1.165, 1.54) is 0 Å². The van der Waals surface area contributed by atoms with Gasteiger partial charge in [0.05, 0.1) is 5.41 Å². The molecule has 0 heterocycles. The fourth-order valence-corrected chi connectivity index (χ4v) is 5.29. The van der Waals surface area contributed by atoms with E-state index in [4.69, 9.17) is 17.0 Å². The zero-order valence-corrected chi connectivity index (χ0v) is 20.6. The number of nitrogens with two attached hydrogens (primary N) is 2. The molecule has 0 radical (unpaired) electrons. The summed E-state index contributed by atoms with van der Waals surface area (Å²) < 4.78 is 0. The van der Waals surface area contributed by atoms with Crippen molar-refractivity contribution in [2.75, 3.05) is 13.1 Å². The first-order valence-electron chi connectivity index (χ1n) is 12.2. The number of hydrogen-bond acceptors (Lipinski definition) is 5. The summed E-state index contributed by atoms with van der Waals surface area (Å²) in [5.41, 5.74) is 11.9. The van der Waals surface area contributed by atoms with E-state index < -0.39 is 5.41 Å². The van der Waals surface area contributed by atoms with Gasteiger partial charge in [-0.3, -0.25) is 10.2 Å². The van der Waals surface area contributed by atoms with E-state index in [1.807, 2.05) is 38.1 Å². The molecule has 4 rings (SSSR count). The number of amides is 1. The summed E-state index contributed by atoms with van der Waals surface area (Å²) in [6, 6.07) is 12.0. The Morgan fingerprint density at radius 1 is 1.03 bits per heavy atom. The monoisotopic (exact) mass is 473 g/mol. The number of aryl methyl sites for hydroxylation is 2. The molecule has 0 aliphatic heterocycles. The molecular weight excluding hydrogens is 438 g/mol. The molecule has 0 bridgehead atoms. The van der Waals surface area contributed by atoms with E-state index in [2.05, 4.69) is 39.7 Å². The summed E-state index contributed by atoms with van der Waals surface area (Å²) in [4.78, 5) is 12.6. The molecule has 2 aliphatic rings. The Bertz CT molecular complexity index is 1130. The number of hydrogen-bond donors (Lipinski definition) is 5. The predicted molar refractivity (Wildman–Crippen MR) is 139 cm³/mol. The highest BCUT2D eigenvalue weighted by molar-refractivity contribution is 5.98. The second kappa shape index (κ2) is 9.62. The van der Waals surface area contributed by atoms with Crippen molar-refractivity contribution in [3.8, 4) is 0 Å². The highest BCUT2D eigenvalue weighted by Crippen LogP contribution is 2.51. The van der Waals surface area contributed by atoms with Gasteiger partial charge in [0.15, 0.2) is 5.84 Å². The van der Waals surface area contributed by atoms with Gasteiger partial charge in [-0.1, -0.05) is 30.0 Å². The number of amidine groups is 1. The summed E-state index contributed by atoms with van der Waals surface area (Å²) in [5, 5.41) is 22.8. The van der Waals surface area contributed by atoms with Crippen LogP contribution < -0.4 is 22.2 Å². The van der Waals surface area contributed by atoms with Crippen molar-refractivity contribution in [1.82, 2.24) is 10.6 Å². The number of nitrogens with one attached hydrogen (secondary N) is 3. The Morgan fingerprint density at radius 2 is 1.60 bits per heavy atom. The van der Waals surface area contributed by atoms with Crippen LogP contribution in [0, 0.1) is 5.41 Å². The van der Waals surface area contributed by atoms with E-state index in [1.54, 1.807) is 0 Å². The lowest BCUT2D eigenvalue weighted by molar-refractivity contribution is 0.0955. The Hall–Kier alpha value is -3.52. The van der Waals surface area contributed by atoms with Crippen LogP contribution in [0.3, 0.4) is 0 Å². The summed E-state index contributed by atoms with van der Waals surface area (Å²) in [6.45, 7) is 9.46. The number of carbonyl (C=O) groups is 1. The van der Waals surface area contributed by atoms with Gasteiger partial charge in [0.25, 0.3) is 5.91 Å². The average Bonchev–Trinajstić information content (AvgIpc) is 3.59. The second-order valence-corrected chi connectivity index (χ2v) is 9.62. The van der Waals surface area contributed by atoms with Crippen LogP contribution in [0.5, 0.6) is 0 Å². The molecule has 1 unspecified atom stereocenters. The Labute approximate surface area is 206 Å². The second-order valence-electron chi connectivity index (χ2n) is 9.62. The third-order valence-corrected chi connectivity index (χ3v) is 7.20. The van der Waals surface area contributed by atoms with Crippen LogP contribution in [0.15, 0.2) is 53.3 Å². The molecule has 1 saturated carbocycles. The number of nitrogens with zero attached hydrogens (tertiary/aromatic N) is 2. The van der Waals surface area contributed by atoms with Crippen LogP contribution in [0.25, 0.3) is 5.70 Å². The van der Waals surface area contributed by atoms with Crippen molar-refractivity contribution in [3.63, 3.8) is 0 Å². The highest BCUT2D eigenvalue weighted by atomic mass is 16.1. The lowest BCUT2D eigenvalue weighted by atomic mass is 9.67. The van der Waals surface area contributed by atoms with Gasteiger partial charge in [-0.25, -0.2) is 0 Å². The molecular formula is C27H35N7O. The predicted octanol–water partition coefficient (Wildman–Crippen LogP) is 3.59. The van der Waals surface area contributed by atoms with Crippen LogP contribution in [-0.4, -0.2) is 30.4 Å². The van der Waals surface area contributed by atoms with Crippen LogP contribution in [0.2, 0.25) is 0 Å². The molecule has 0 aromatic heterocycles. The number of benzene rings is 2. The molecule has 1 amide bonds. The largest absolute Gasteiger partial charge is 0.385 e. The fraction of sp³-hybridized carbons (Fsp3) is 0.407. The zero-order valence-electron chi connectivity index (χ0n) is 20.6. The Balaban J connectivity index is 1.96. The van der Waals surface area contributed by atoms with Crippen molar-refractivity contribution in [1.29, 1.82) is 5.41 Å². The van der Waals surface area contributed by atoms with Gasteiger partial charge in [-0.15, -0.1) is 5.11 Å². The maximum absolute atomic E-state index is 12.6. The molecule has 2 aromatic rings. The minimum absolute atomic E-state index is 0.0603. The summed E-state index contributed by atoms with van der Waals surface area (Å²) in [5.74, 6) is 5.41. The van der Waals surface area contributed by atoms with Crippen molar-refractivity contribution in [2.24, 2.45) is 21.9 Å². The lowest BCUT2D eigenvalue weighted by Crippen LogP contribution is -2.43. The van der Waals surface area contributed by atoms with Crippen LogP contribution in [0.1, 0.15) is 71.3 Å². The van der Waals surface area contributed by atoms with Gasteiger partial charge >= 0.3 is 0 Å². The van der Waals surface area contributed by atoms with E-state index in [0.717, 1.165) is 65.7 Å². The number of rotatable bonds is 8. The van der Waals surface area contributed by atoms with Crippen LogP contribution >= 0.6 is 0 Å². The van der Waals surface area contributed by atoms with Crippen LogP contribution in [0.4, 0.5) is 0 Å². The molecule has 0 spiro atoms. The average molecular weight is 474 g/mol. The van der Waals surface area contributed by atoms with Gasteiger partial charge in [0.1, 0.15) is 0 Å². The van der Waals surface area contributed by atoms with Crippen molar-refractivity contribution in [2.45, 2.75) is 56.9 Å². The van der Waals surface area contributed by atoms with Crippen molar-refractivity contribution >= 4 is 17.4 Å². The normalized spacial score (nSPS) is 19.9. The van der Waals surface area contributed by atoms with Crippen LogP contribution in [-0.2, 0) is 18.3 Å². The van der Waals surface area contributed by atoms with Gasteiger partial charge in [-0.2, -0.15) is 0 Å². The molecule has 2 aliphatic carbocycles. The topological polar surface area (TPSA) is 142 Å². The Kier molecular flexibility index (Phi) is 6.76. The maximum Gasteiger partial charge on any atom is 0.251 e. The minimum Gasteiger partial charge on any atom is -0.385 e. The van der Waals surface area contributed by atoms with E-state index in [0.29, 0.717) is 18.5 Å². The molecule has 0 saturated heterocycles. The van der Waals surface area contributed by atoms with Gasteiger partial charge in [-0.05, 0) is 92.0 Å². The van der Waals surface area contributed by atoms with E-state index >= 15 is 0 Å². The minimum atomic E-state index is -0.924. The maximum atomic E-state index is 12.6. The first kappa shape index (κ1) is 24.6. The quantitative estimate of drug-likeness (QED) is 0.131. The molecule has 7 N–H and O–H groups in total. The van der Waals surface area contributed by atoms with Gasteiger partial charge in [0, 0.05) is 29.9 Å². The first-order valence-corrected chi connectivity index (χ1v) is 12.2. The summed E-state index contributed by atoms with van der Waals surface area (Å²) in [7, 11) is 0. The molecule has 8 heteroatoms. The van der Waals surface area contributed by atoms with E-state index in [9.17, 15) is 4.79 Å². The number of fused-ring (bicyclic) bond motifs is 2. The first-order chi connectivity index (χ1) is 16.8. The van der Waals surface area contributed by atoms with E-state index in [-0.39, 0.29) is 17.3 Å². The molecule has 184 valence electrons. The lowest BCUT2D eigenvalue weighted by Gasteiger charge is -2.37. The van der Waals surface area contributed by atoms with Gasteiger partial charge < -0.3 is 22.2 Å². The van der Waals surface area contributed by atoms with Crippen molar-refractivity contribution < 1.29 is 4.79 Å².